The van der Waals surface area contributed by atoms with Gasteiger partial charge in [0.1, 0.15) is 5.76 Å². The van der Waals surface area contributed by atoms with Gasteiger partial charge in [-0.2, -0.15) is 5.06 Å². The minimum absolute atomic E-state index is 0.104. The number of Topliss-reactive ketones (excluding diaryl/α,β-unsaturated/α-hetero) is 1. The van der Waals surface area contributed by atoms with Crippen molar-refractivity contribution in [2.75, 3.05) is 20.2 Å². The Hall–Kier alpha value is -1.17. The average Bonchev–Trinajstić information content (AvgIpc) is 2.55. The Morgan fingerprint density at radius 2 is 1.88 bits per heavy atom. The van der Waals surface area contributed by atoms with E-state index in [0.717, 1.165) is 47.1 Å². The summed E-state index contributed by atoms with van der Waals surface area (Å²) >= 11 is 3.53. The van der Waals surface area contributed by atoms with Gasteiger partial charge in [-0.25, -0.2) is 0 Å². The molecule has 4 nitrogen and oxygen atoms in total. The highest BCUT2D eigenvalue weighted by molar-refractivity contribution is 9.10. The lowest BCUT2D eigenvalue weighted by Crippen LogP contribution is -2.39. The molecule has 1 heterocycles. The molecule has 1 aliphatic rings. The first kappa shape index (κ1) is 19.2. The molecule has 0 saturated carbocycles. The first-order chi connectivity index (χ1) is 11.2. The van der Waals surface area contributed by atoms with Crippen LogP contribution in [0.4, 0.5) is 0 Å². The quantitative estimate of drug-likeness (QED) is 0.598. The number of hydrogen-bond acceptors (Lipinski definition) is 4. The van der Waals surface area contributed by atoms with Gasteiger partial charge >= 0.3 is 0 Å². The SMILES string of the molecule is CON1CCC(C)(/C(O)=C(\C(C)=O)c2c(C)ccc(Br)c2C)CC1. The number of carbonyl (C=O) groups is 1. The lowest BCUT2D eigenvalue weighted by atomic mass is 9.75. The van der Waals surface area contributed by atoms with Crippen LogP contribution in [0.2, 0.25) is 0 Å². The highest BCUT2D eigenvalue weighted by Crippen LogP contribution is 2.42. The van der Waals surface area contributed by atoms with Crippen molar-refractivity contribution in [2.24, 2.45) is 5.41 Å². The summed E-state index contributed by atoms with van der Waals surface area (Å²) in [5.74, 6) is 0.0993. The van der Waals surface area contributed by atoms with Crippen molar-refractivity contribution in [1.82, 2.24) is 5.06 Å². The summed E-state index contributed by atoms with van der Waals surface area (Å²) in [5.41, 5.74) is 2.83. The van der Waals surface area contributed by atoms with E-state index >= 15 is 0 Å². The van der Waals surface area contributed by atoms with Gasteiger partial charge in [0.15, 0.2) is 5.78 Å². The van der Waals surface area contributed by atoms with Crippen LogP contribution in [0.5, 0.6) is 0 Å². The Morgan fingerprint density at radius 1 is 1.29 bits per heavy atom. The Morgan fingerprint density at radius 3 is 2.38 bits per heavy atom. The second-order valence-corrected chi connectivity index (χ2v) is 7.67. The minimum atomic E-state index is -0.419. The fourth-order valence-electron chi connectivity index (χ4n) is 3.37. The summed E-state index contributed by atoms with van der Waals surface area (Å²) in [6.07, 6.45) is 1.49. The monoisotopic (exact) mass is 395 g/mol. The van der Waals surface area contributed by atoms with Gasteiger partial charge in [0.05, 0.1) is 12.7 Å². The fraction of sp³-hybridized carbons (Fsp3) is 0.526. The third kappa shape index (κ3) is 3.58. The van der Waals surface area contributed by atoms with Crippen LogP contribution in [-0.2, 0) is 9.63 Å². The molecule has 1 aromatic carbocycles. The van der Waals surface area contributed by atoms with Crippen molar-refractivity contribution < 1.29 is 14.7 Å². The van der Waals surface area contributed by atoms with Crippen LogP contribution in [0.25, 0.3) is 5.57 Å². The summed E-state index contributed by atoms with van der Waals surface area (Å²) < 4.78 is 0.939. The van der Waals surface area contributed by atoms with E-state index in [1.807, 2.05) is 38.0 Å². The standard InChI is InChI=1S/C19H26BrNO3/c1-12-6-7-15(20)13(2)16(12)17(14(3)22)18(23)19(4)8-10-21(24-5)11-9-19/h6-7,23H,8-11H2,1-5H3/b18-17-. The molecule has 5 heteroatoms. The largest absolute Gasteiger partial charge is 0.511 e. The molecule has 0 amide bonds. The molecule has 1 saturated heterocycles. The van der Waals surface area contributed by atoms with Crippen LogP contribution in [-0.4, -0.2) is 36.2 Å². The van der Waals surface area contributed by atoms with Gasteiger partial charge < -0.3 is 9.94 Å². The van der Waals surface area contributed by atoms with E-state index in [-0.39, 0.29) is 11.5 Å². The topological polar surface area (TPSA) is 49.8 Å². The maximum Gasteiger partial charge on any atom is 0.163 e. The van der Waals surface area contributed by atoms with Crippen LogP contribution in [0, 0.1) is 19.3 Å². The van der Waals surface area contributed by atoms with Gasteiger partial charge in [-0.3, -0.25) is 4.79 Å². The van der Waals surface area contributed by atoms with Gasteiger partial charge in [-0.05, 0) is 56.4 Å². The number of piperidine rings is 1. The molecule has 0 atom stereocenters. The van der Waals surface area contributed by atoms with Crippen LogP contribution >= 0.6 is 15.9 Å². The Kier molecular flexibility index (Phi) is 5.89. The molecule has 24 heavy (non-hydrogen) atoms. The van der Waals surface area contributed by atoms with E-state index in [4.69, 9.17) is 4.84 Å². The predicted octanol–water partition coefficient (Wildman–Crippen LogP) is 4.59. The van der Waals surface area contributed by atoms with Crippen molar-refractivity contribution in [1.29, 1.82) is 0 Å². The normalized spacial score (nSPS) is 19.1. The number of benzene rings is 1. The molecule has 2 rings (SSSR count). The Labute approximate surface area is 152 Å². The summed E-state index contributed by atoms with van der Waals surface area (Å²) in [5, 5.41) is 13.0. The van der Waals surface area contributed by atoms with Crippen molar-refractivity contribution in [3.63, 3.8) is 0 Å². The Balaban J connectivity index is 2.57. The first-order valence-electron chi connectivity index (χ1n) is 8.21. The number of rotatable bonds is 4. The third-order valence-electron chi connectivity index (χ3n) is 5.10. The fourth-order valence-corrected chi connectivity index (χ4v) is 3.70. The smallest absolute Gasteiger partial charge is 0.163 e. The maximum atomic E-state index is 12.4. The Bertz CT molecular complexity index is 673. The van der Waals surface area contributed by atoms with E-state index in [1.165, 1.54) is 6.92 Å². The summed E-state index contributed by atoms with van der Waals surface area (Å²) in [6.45, 7) is 8.97. The maximum absolute atomic E-state index is 12.4. The number of ketones is 1. The lowest BCUT2D eigenvalue weighted by Gasteiger charge is -2.38. The average molecular weight is 396 g/mol. The van der Waals surface area contributed by atoms with Gasteiger partial charge in [0.25, 0.3) is 0 Å². The van der Waals surface area contributed by atoms with E-state index in [9.17, 15) is 9.90 Å². The second kappa shape index (κ2) is 7.38. The number of aryl methyl sites for hydroxylation is 1. The number of hydroxylamine groups is 2. The molecular weight excluding hydrogens is 370 g/mol. The van der Waals surface area contributed by atoms with Crippen molar-refractivity contribution >= 4 is 27.3 Å². The van der Waals surface area contributed by atoms with Crippen LogP contribution in [0.3, 0.4) is 0 Å². The number of allylic oxidation sites excluding steroid dienone is 2. The number of aliphatic hydroxyl groups is 1. The molecule has 1 aliphatic heterocycles. The van der Waals surface area contributed by atoms with E-state index in [2.05, 4.69) is 15.9 Å². The molecule has 0 bridgehead atoms. The molecule has 0 aromatic heterocycles. The summed E-state index contributed by atoms with van der Waals surface area (Å²) in [7, 11) is 1.66. The molecular formula is C19H26BrNO3. The predicted molar refractivity (Wildman–Crippen MR) is 99.8 cm³/mol. The third-order valence-corrected chi connectivity index (χ3v) is 5.96. The van der Waals surface area contributed by atoms with Gasteiger partial charge in [0, 0.05) is 23.0 Å². The van der Waals surface area contributed by atoms with Gasteiger partial charge in [-0.1, -0.05) is 28.9 Å². The van der Waals surface area contributed by atoms with E-state index in [0.29, 0.717) is 5.57 Å². The highest BCUT2D eigenvalue weighted by Gasteiger charge is 2.37. The van der Waals surface area contributed by atoms with Crippen LogP contribution in [0.1, 0.15) is 43.4 Å². The second-order valence-electron chi connectivity index (χ2n) is 6.82. The zero-order chi connectivity index (χ0) is 18.1. The van der Waals surface area contributed by atoms with E-state index in [1.54, 1.807) is 7.11 Å². The molecule has 0 radical (unpaired) electrons. The van der Waals surface area contributed by atoms with Crippen LogP contribution in [0.15, 0.2) is 22.4 Å². The molecule has 1 N–H and O–H groups in total. The van der Waals surface area contributed by atoms with Crippen LogP contribution < -0.4 is 0 Å². The van der Waals surface area contributed by atoms with Crippen molar-refractivity contribution in [3.05, 3.63) is 39.1 Å². The molecule has 0 unspecified atom stereocenters. The van der Waals surface area contributed by atoms with Gasteiger partial charge in [-0.15, -0.1) is 0 Å². The van der Waals surface area contributed by atoms with Crippen molar-refractivity contribution in [3.8, 4) is 0 Å². The molecule has 132 valence electrons. The number of nitrogens with zero attached hydrogens (tertiary/aromatic N) is 1. The zero-order valence-corrected chi connectivity index (χ0v) is 16.7. The van der Waals surface area contributed by atoms with Crippen molar-refractivity contribution in [2.45, 2.75) is 40.5 Å². The molecule has 0 spiro atoms. The molecule has 1 aromatic rings. The number of halogens is 1. The molecule has 1 fully saturated rings. The summed E-state index contributed by atoms with van der Waals surface area (Å²) in [4.78, 5) is 17.7. The number of hydrogen-bond donors (Lipinski definition) is 1. The van der Waals surface area contributed by atoms with E-state index < -0.39 is 5.41 Å². The molecule has 0 aliphatic carbocycles. The number of aliphatic hydroxyl groups excluding tert-OH is 1. The first-order valence-corrected chi connectivity index (χ1v) is 9.00. The van der Waals surface area contributed by atoms with Gasteiger partial charge in [0.2, 0.25) is 0 Å². The minimum Gasteiger partial charge on any atom is -0.511 e. The lowest BCUT2D eigenvalue weighted by molar-refractivity contribution is -0.156. The summed E-state index contributed by atoms with van der Waals surface area (Å²) in [6, 6.07) is 3.94. The highest BCUT2D eigenvalue weighted by atomic mass is 79.9. The number of carbonyl (C=O) groups excluding carboxylic acids is 1. The zero-order valence-electron chi connectivity index (χ0n) is 15.1.